The summed E-state index contributed by atoms with van der Waals surface area (Å²) in [6, 6.07) is 4.05. The van der Waals surface area contributed by atoms with Crippen molar-refractivity contribution in [1.29, 1.82) is 0 Å². The van der Waals surface area contributed by atoms with Gasteiger partial charge in [0, 0.05) is 12.1 Å². The van der Waals surface area contributed by atoms with Gasteiger partial charge in [0.25, 0.3) is 11.7 Å². The second kappa shape index (κ2) is 4.18. The van der Waals surface area contributed by atoms with Crippen LogP contribution in [0.5, 0.6) is 0 Å². The van der Waals surface area contributed by atoms with E-state index in [0.717, 1.165) is 22.4 Å². The third-order valence-electron chi connectivity index (χ3n) is 3.60. The van der Waals surface area contributed by atoms with Gasteiger partial charge in [0.2, 0.25) is 0 Å². The lowest BCUT2D eigenvalue weighted by molar-refractivity contribution is -0.180. The first-order valence-corrected chi connectivity index (χ1v) is 6.42. The molecule has 100 valence electrons. The Balaban J connectivity index is 2.23. The summed E-state index contributed by atoms with van der Waals surface area (Å²) in [5.74, 6) is -1.37. The van der Waals surface area contributed by atoms with E-state index in [4.69, 9.17) is 9.47 Å². The minimum atomic E-state index is -1.23. The Morgan fingerprint density at radius 3 is 2.68 bits per heavy atom. The van der Waals surface area contributed by atoms with Crippen molar-refractivity contribution in [2.75, 3.05) is 24.7 Å². The molecule has 1 spiro atoms. The van der Waals surface area contributed by atoms with Crippen LogP contribution < -0.4 is 4.90 Å². The van der Waals surface area contributed by atoms with Gasteiger partial charge in [-0.1, -0.05) is 17.7 Å². The third kappa shape index (κ3) is 1.57. The highest BCUT2D eigenvalue weighted by atomic mass is 16.7. The van der Waals surface area contributed by atoms with Crippen molar-refractivity contribution in [1.82, 2.24) is 0 Å². The average molecular weight is 259 g/mol. The predicted octanol–water partition coefficient (Wildman–Crippen LogP) is 2.04. The fourth-order valence-electron chi connectivity index (χ4n) is 2.96. The molecule has 2 heterocycles. The van der Waals surface area contributed by atoms with E-state index in [1.807, 2.05) is 19.9 Å². The van der Waals surface area contributed by atoms with Crippen LogP contribution in [0.15, 0.2) is 24.8 Å². The van der Waals surface area contributed by atoms with Crippen molar-refractivity contribution in [2.24, 2.45) is 0 Å². The van der Waals surface area contributed by atoms with E-state index in [0.29, 0.717) is 19.8 Å². The zero-order chi connectivity index (χ0) is 13.6. The molecule has 0 N–H and O–H groups in total. The van der Waals surface area contributed by atoms with Crippen molar-refractivity contribution in [3.8, 4) is 0 Å². The Morgan fingerprint density at radius 2 is 2.05 bits per heavy atom. The van der Waals surface area contributed by atoms with Crippen LogP contribution in [-0.4, -0.2) is 25.7 Å². The van der Waals surface area contributed by atoms with E-state index in [9.17, 15) is 4.79 Å². The van der Waals surface area contributed by atoms with Crippen LogP contribution in [0.1, 0.15) is 16.7 Å². The Hall–Kier alpha value is -1.65. The van der Waals surface area contributed by atoms with Gasteiger partial charge in [-0.05, 0) is 25.5 Å². The topological polar surface area (TPSA) is 38.8 Å². The van der Waals surface area contributed by atoms with Gasteiger partial charge in [0.1, 0.15) is 0 Å². The summed E-state index contributed by atoms with van der Waals surface area (Å²) in [6.45, 7) is 9.08. The number of benzene rings is 1. The molecule has 0 unspecified atom stereocenters. The van der Waals surface area contributed by atoms with Gasteiger partial charge >= 0.3 is 0 Å². The lowest BCUT2D eigenvalue weighted by Gasteiger charge is -2.21. The quantitative estimate of drug-likeness (QED) is 0.763. The number of fused-ring (bicyclic) bond motifs is 2. The normalized spacial score (nSPS) is 20.1. The molecular weight excluding hydrogens is 242 g/mol. The van der Waals surface area contributed by atoms with Crippen LogP contribution >= 0.6 is 0 Å². The highest BCUT2D eigenvalue weighted by Crippen LogP contribution is 2.47. The lowest BCUT2D eigenvalue weighted by Crippen LogP contribution is -2.41. The van der Waals surface area contributed by atoms with Crippen molar-refractivity contribution in [2.45, 2.75) is 19.6 Å². The Labute approximate surface area is 112 Å². The molecule has 0 radical (unpaired) electrons. The lowest BCUT2D eigenvalue weighted by atomic mass is 10.0. The first-order chi connectivity index (χ1) is 9.10. The van der Waals surface area contributed by atoms with Crippen LogP contribution in [0, 0.1) is 13.8 Å². The molecule has 0 saturated carbocycles. The molecule has 4 heteroatoms. The fraction of sp³-hybridized carbons (Fsp3) is 0.400. The number of carbonyl (C=O) groups excluding carboxylic acids is 1. The number of nitrogens with zero attached hydrogens (tertiary/aromatic N) is 1. The molecule has 1 saturated heterocycles. The zero-order valence-electron chi connectivity index (χ0n) is 11.2. The minimum Gasteiger partial charge on any atom is -0.336 e. The highest BCUT2D eigenvalue weighted by Gasteiger charge is 2.56. The third-order valence-corrected chi connectivity index (χ3v) is 3.60. The smallest absolute Gasteiger partial charge is 0.292 e. The monoisotopic (exact) mass is 259 g/mol. The molecule has 2 aliphatic heterocycles. The summed E-state index contributed by atoms with van der Waals surface area (Å²) in [7, 11) is 0. The number of anilines is 1. The number of carbonyl (C=O) groups is 1. The van der Waals surface area contributed by atoms with E-state index < -0.39 is 5.79 Å². The second-order valence-electron chi connectivity index (χ2n) is 5.00. The van der Waals surface area contributed by atoms with E-state index in [-0.39, 0.29) is 5.91 Å². The van der Waals surface area contributed by atoms with Gasteiger partial charge in [-0.25, -0.2) is 0 Å². The van der Waals surface area contributed by atoms with Crippen LogP contribution in [0.2, 0.25) is 0 Å². The molecule has 4 nitrogen and oxygen atoms in total. The van der Waals surface area contributed by atoms with Crippen molar-refractivity contribution in [3.05, 3.63) is 41.5 Å². The molecule has 1 aromatic carbocycles. The molecule has 1 fully saturated rings. The molecular formula is C15H17NO3. The maximum absolute atomic E-state index is 12.7. The van der Waals surface area contributed by atoms with Crippen molar-refractivity contribution >= 4 is 11.6 Å². The minimum absolute atomic E-state index is 0.145. The van der Waals surface area contributed by atoms with E-state index in [1.54, 1.807) is 11.0 Å². The van der Waals surface area contributed by atoms with Gasteiger partial charge in [0.15, 0.2) is 0 Å². The summed E-state index contributed by atoms with van der Waals surface area (Å²) >= 11 is 0. The molecule has 1 amide bonds. The van der Waals surface area contributed by atoms with Crippen LogP contribution in [0.4, 0.5) is 5.69 Å². The van der Waals surface area contributed by atoms with Gasteiger partial charge < -0.3 is 14.4 Å². The first-order valence-electron chi connectivity index (χ1n) is 6.42. The van der Waals surface area contributed by atoms with Crippen LogP contribution in [0.3, 0.4) is 0 Å². The first kappa shape index (κ1) is 12.4. The molecule has 0 aromatic heterocycles. The standard InChI is InChI=1S/C15H17NO3/c1-4-5-16-13-11(3)8-10(2)9-12(13)15(14(16)17)18-6-7-19-15/h4,8-9H,1,5-7H2,2-3H3. The maximum Gasteiger partial charge on any atom is 0.292 e. The zero-order valence-corrected chi connectivity index (χ0v) is 11.2. The fourth-order valence-corrected chi connectivity index (χ4v) is 2.96. The summed E-state index contributed by atoms with van der Waals surface area (Å²) < 4.78 is 11.4. The van der Waals surface area contributed by atoms with Gasteiger partial charge in [-0.2, -0.15) is 0 Å². The van der Waals surface area contributed by atoms with E-state index in [1.165, 1.54) is 0 Å². The second-order valence-corrected chi connectivity index (χ2v) is 5.00. The molecule has 0 bridgehead atoms. The molecule has 3 rings (SSSR count). The molecule has 1 aromatic rings. The molecule has 0 atom stereocenters. The summed E-state index contributed by atoms with van der Waals surface area (Å²) in [5, 5.41) is 0. The predicted molar refractivity (Wildman–Crippen MR) is 72.0 cm³/mol. The number of aryl methyl sites for hydroxylation is 2. The Bertz CT molecular complexity index is 559. The number of hydrogen-bond donors (Lipinski definition) is 0. The Kier molecular flexibility index (Phi) is 2.73. The van der Waals surface area contributed by atoms with Gasteiger partial charge in [-0.15, -0.1) is 6.58 Å². The number of rotatable bonds is 2. The summed E-state index contributed by atoms with van der Waals surface area (Å²) in [6.07, 6.45) is 1.72. The highest BCUT2D eigenvalue weighted by molar-refractivity contribution is 6.07. The van der Waals surface area contributed by atoms with E-state index in [2.05, 4.69) is 12.6 Å². The van der Waals surface area contributed by atoms with Gasteiger partial charge in [0.05, 0.1) is 18.9 Å². The molecule has 0 aliphatic carbocycles. The molecule has 19 heavy (non-hydrogen) atoms. The number of hydrogen-bond acceptors (Lipinski definition) is 3. The largest absolute Gasteiger partial charge is 0.336 e. The van der Waals surface area contributed by atoms with Crippen molar-refractivity contribution in [3.63, 3.8) is 0 Å². The number of ether oxygens (including phenoxy) is 2. The van der Waals surface area contributed by atoms with E-state index >= 15 is 0 Å². The molecule has 2 aliphatic rings. The van der Waals surface area contributed by atoms with Gasteiger partial charge in [-0.3, -0.25) is 4.79 Å². The number of amides is 1. The summed E-state index contributed by atoms with van der Waals surface area (Å²) in [4.78, 5) is 14.4. The Morgan fingerprint density at radius 1 is 1.37 bits per heavy atom. The van der Waals surface area contributed by atoms with Crippen LogP contribution in [-0.2, 0) is 20.1 Å². The van der Waals surface area contributed by atoms with Crippen molar-refractivity contribution < 1.29 is 14.3 Å². The summed E-state index contributed by atoms with van der Waals surface area (Å²) in [5.41, 5.74) is 3.89. The average Bonchev–Trinajstić information content (AvgIpc) is 2.92. The maximum atomic E-state index is 12.7. The SMILES string of the molecule is C=CCN1C(=O)C2(OCCO2)c2cc(C)cc(C)c21. The van der Waals surface area contributed by atoms with Crippen LogP contribution in [0.25, 0.3) is 0 Å².